The van der Waals surface area contributed by atoms with Gasteiger partial charge in [-0.25, -0.2) is 0 Å². The fourth-order valence-corrected chi connectivity index (χ4v) is 2.36. The van der Waals surface area contributed by atoms with E-state index in [4.69, 9.17) is 0 Å². The summed E-state index contributed by atoms with van der Waals surface area (Å²) in [6.07, 6.45) is 4.57. The zero-order valence-corrected chi connectivity index (χ0v) is 11.4. The number of pyridine rings is 1. The predicted octanol–water partition coefficient (Wildman–Crippen LogP) is 4.48. The van der Waals surface area contributed by atoms with Crippen molar-refractivity contribution in [3.63, 3.8) is 0 Å². The molecule has 0 fully saturated rings. The minimum absolute atomic E-state index is 1.14. The van der Waals surface area contributed by atoms with Gasteiger partial charge in [-0.2, -0.15) is 0 Å². The monoisotopic (exact) mass is 225 g/mol. The number of nitrogens with zero attached hydrogens (tertiary/aromatic N) is 1. The molecule has 0 atom stereocenters. The fraction of sp³-hybridized carbons (Fsp3) is 0.615. The van der Waals surface area contributed by atoms with Crippen molar-refractivity contribution in [2.24, 2.45) is 0 Å². The highest BCUT2D eigenvalue weighted by molar-refractivity contribution is 7.99. The van der Waals surface area contributed by atoms with E-state index in [-0.39, 0.29) is 0 Å². The third kappa shape index (κ3) is 4.70. The molecule has 0 aromatic carbocycles. The molecule has 1 aliphatic heterocycles. The highest BCUT2D eigenvalue weighted by Gasteiger charge is 2.08. The summed E-state index contributed by atoms with van der Waals surface area (Å²) in [5, 5.41) is 0. The van der Waals surface area contributed by atoms with Gasteiger partial charge >= 0.3 is 0 Å². The number of fused-ring (bicyclic) bond motifs is 1. The normalized spacial score (nSPS) is 12.6. The van der Waals surface area contributed by atoms with Crippen molar-refractivity contribution in [1.82, 2.24) is 4.98 Å². The van der Waals surface area contributed by atoms with Crippen molar-refractivity contribution >= 4 is 11.8 Å². The Morgan fingerprint density at radius 1 is 1.20 bits per heavy atom. The van der Waals surface area contributed by atoms with Gasteiger partial charge in [-0.1, -0.05) is 27.7 Å². The van der Waals surface area contributed by atoms with Gasteiger partial charge in [-0.3, -0.25) is 4.98 Å². The first-order valence-electron chi connectivity index (χ1n) is 5.94. The molecule has 2 heteroatoms. The summed E-state index contributed by atoms with van der Waals surface area (Å²) < 4.78 is 0. The van der Waals surface area contributed by atoms with E-state index >= 15 is 0 Å². The van der Waals surface area contributed by atoms with Gasteiger partial charge in [0.25, 0.3) is 0 Å². The van der Waals surface area contributed by atoms with Gasteiger partial charge in [-0.15, -0.1) is 11.8 Å². The first-order valence-corrected chi connectivity index (χ1v) is 6.93. The largest absolute Gasteiger partial charge is 0.260 e. The Morgan fingerprint density at radius 2 is 1.87 bits per heavy atom. The minimum atomic E-state index is 1.14. The molecule has 1 aromatic heterocycles. The van der Waals surface area contributed by atoms with Crippen LogP contribution in [0.15, 0.2) is 17.2 Å². The summed E-state index contributed by atoms with van der Waals surface area (Å²) in [5.74, 6) is 1.26. The van der Waals surface area contributed by atoms with Crippen molar-refractivity contribution < 1.29 is 0 Å². The minimum Gasteiger partial charge on any atom is -0.260 e. The van der Waals surface area contributed by atoms with E-state index in [2.05, 4.69) is 18.0 Å². The summed E-state index contributed by atoms with van der Waals surface area (Å²) in [5.41, 5.74) is 2.64. The molecule has 0 unspecified atom stereocenters. The molecule has 0 radical (unpaired) electrons. The zero-order chi connectivity index (χ0) is 11.7. The smallest absolute Gasteiger partial charge is 0.0409 e. The molecule has 0 aliphatic carbocycles. The Morgan fingerprint density at radius 3 is 2.53 bits per heavy atom. The van der Waals surface area contributed by atoms with E-state index in [0.717, 1.165) is 5.69 Å². The van der Waals surface area contributed by atoms with Gasteiger partial charge < -0.3 is 0 Å². The van der Waals surface area contributed by atoms with Crippen molar-refractivity contribution in [3.8, 4) is 0 Å². The van der Waals surface area contributed by atoms with E-state index in [9.17, 15) is 0 Å². The molecule has 1 aliphatic rings. The molecule has 1 aromatic rings. The standard InChI is InChI=1S/C9H11NS.2C2H6/c1-7-5-8-3-2-4-11-9(8)6-10-7;2*1-2/h5-6H,2-4H2,1H3;2*1-2H3. The number of thioether (sulfide) groups is 1. The molecule has 2 rings (SSSR count). The van der Waals surface area contributed by atoms with Gasteiger partial charge in [0.1, 0.15) is 0 Å². The Hall–Kier alpha value is -0.500. The van der Waals surface area contributed by atoms with Crippen LogP contribution in [0.3, 0.4) is 0 Å². The van der Waals surface area contributed by atoms with Crippen LogP contribution in [0.2, 0.25) is 0 Å². The molecular weight excluding hydrogens is 202 g/mol. The number of aromatic nitrogens is 1. The lowest BCUT2D eigenvalue weighted by atomic mass is 10.1. The molecule has 0 spiro atoms. The molecule has 0 saturated heterocycles. The lowest BCUT2D eigenvalue weighted by Crippen LogP contribution is -1.99. The van der Waals surface area contributed by atoms with Gasteiger partial charge in [0.2, 0.25) is 0 Å². The molecular formula is C13H23NS. The Kier molecular flexibility index (Phi) is 8.49. The lowest BCUT2D eigenvalue weighted by molar-refractivity contribution is 0.875. The van der Waals surface area contributed by atoms with E-state index in [1.54, 1.807) is 0 Å². The van der Waals surface area contributed by atoms with Crippen LogP contribution < -0.4 is 0 Å². The topological polar surface area (TPSA) is 12.9 Å². The van der Waals surface area contributed by atoms with Crippen LogP contribution in [0.5, 0.6) is 0 Å². The third-order valence-electron chi connectivity index (χ3n) is 1.93. The predicted molar refractivity (Wildman–Crippen MR) is 70.7 cm³/mol. The third-order valence-corrected chi connectivity index (χ3v) is 3.10. The highest BCUT2D eigenvalue weighted by atomic mass is 32.2. The average molecular weight is 225 g/mol. The average Bonchev–Trinajstić information content (AvgIpc) is 2.34. The Bertz CT molecular complexity index is 271. The van der Waals surface area contributed by atoms with E-state index in [1.807, 2.05) is 45.7 Å². The van der Waals surface area contributed by atoms with Crippen LogP contribution in [-0.2, 0) is 6.42 Å². The molecule has 0 bridgehead atoms. The second-order valence-corrected chi connectivity index (χ2v) is 4.02. The number of rotatable bonds is 0. The molecule has 0 N–H and O–H groups in total. The number of aryl methyl sites for hydroxylation is 2. The lowest BCUT2D eigenvalue weighted by Gasteiger charge is -2.14. The quantitative estimate of drug-likeness (QED) is 0.645. The van der Waals surface area contributed by atoms with Crippen molar-refractivity contribution in [2.75, 3.05) is 5.75 Å². The van der Waals surface area contributed by atoms with Crippen LogP contribution in [0, 0.1) is 6.92 Å². The maximum atomic E-state index is 4.27. The van der Waals surface area contributed by atoms with E-state index in [0.29, 0.717) is 0 Å². The van der Waals surface area contributed by atoms with Crippen LogP contribution in [-0.4, -0.2) is 10.7 Å². The first kappa shape index (κ1) is 14.5. The van der Waals surface area contributed by atoms with Crippen LogP contribution in [0.25, 0.3) is 0 Å². The summed E-state index contributed by atoms with van der Waals surface area (Å²) in [6.45, 7) is 10.1. The summed E-state index contributed by atoms with van der Waals surface area (Å²) >= 11 is 1.93. The van der Waals surface area contributed by atoms with Crippen LogP contribution in [0.1, 0.15) is 45.4 Å². The number of hydrogen-bond acceptors (Lipinski definition) is 2. The maximum absolute atomic E-state index is 4.27. The summed E-state index contributed by atoms with van der Waals surface area (Å²) in [7, 11) is 0. The molecule has 86 valence electrons. The van der Waals surface area contributed by atoms with Gasteiger partial charge in [0.05, 0.1) is 0 Å². The summed E-state index contributed by atoms with van der Waals surface area (Å²) in [6, 6.07) is 2.21. The zero-order valence-electron chi connectivity index (χ0n) is 10.6. The number of hydrogen-bond donors (Lipinski definition) is 0. The van der Waals surface area contributed by atoms with Crippen molar-refractivity contribution in [1.29, 1.82) is 0 Å². The molecule has 0 amide bonds. The van der Waals surface area contributed by atoms with Gasteiger partial charge in [-0.05, 0) is 37.1 Å². The Labute approximate surface area is 98.7 Å². The molecule has 2 heterocycles. The SMILES string of the molecule is CC.CC.Cc1cc2c(cn1)SCCC2. The maximum Gasteiger partial charge on any atom is 0.0409 e. The van der Waals surface area contributed by atoms with Gasteiger partial charge in [0.15, 0.2) is 0 Å². The fourth-order valence-electron chi connectivity index (χ4n) is 1.37. The first-order chi connectivity index (χ1) is 7.36. The Balaban J connectivity index is 0.000000442. The highest BCUT2D eigenvalue weighted by Crippen LogP contribution is 2.29. The molecule has 0 saturated carbocycles. The molecule has 1 nitrogen and oxygen atoms in total. The van der Waals surface area contributed by atoms with Crippen molar-refractivity contribution in [2.45, 2.75) is 52.4 Å². The summed E-state index contributed by atoms with van der Waals surface area (Å²) in [4.78, 5) is 5.66. The van der Waals surface area contributed by atoms with Crippen LogP contribution >= 0.6 is 11.8 Å². The van der Waals surface area contributed by atoms with Crippen LogP contribution in [0.4, 0.5) is 0 Å². The van der Waals surface area contributed by atoms with Gasteiger partial charge in [0, 0.05) is 16.8 Å². The van der Waals surface area contributed by atoms with Crippen molar-refractivity contribution in [3.05, 3.63) is 23.5 Å². The van der Waals surface area contributed by atoms with E-state index < -0.39 is 0 Å². The second-order valence-electron chi connectivity index (χ2n) is 2.89. The van der Waals surface area contributed by atoms with E-state index in [1.165, 1.54) is 29.1 Å². The second kappa shape index (κ2) is 8.78. The molecule has 15 heavy (non-hydrogen) atoms.